The van der Waals surface area contributed by atoms with Crippen LogP contribution in [0.1, 0.15) is 15.9 Å². The van der Waals surface area contributed by atoms with E-state index in [0.29, 0.717) is 17.2 Å². The third-order valence-corrected chi connectivity index (χ3v) is 2.52. The van der Waals surface area contributed by atoms with Crippen molar-refractivity contribution in [3.8, 4) is 11.6 Å². The molecule has 0 aliphatic heterocycles. The largest absolute Gasteiger partial charge is 0.437 e. The first-order valence-electron chi connectivity index (χ1n) is 4.89. The second-order valence-electron chi connectivity index (χ2n) is 3.45. The molecule has 2 heterocycles. The Labute approximate surface area is 107 Å². The van der Waals surface area contributed by atoms with Crippen molar-refractivity contribution in [3.05, 3.63) is 46.3 Å². The Kier molecular flexibility index (Phi) is 3.49. The number of aromatic nitrogens is 2. The van der Waals surface area contributed by atoms with Crippen molar-refractivity contribution in [3.63, 3.8) is 0 Å². The summed E-state index contributed by atoms with van der Waals surface area (Å²) in [4.78, 5) is 18.6. The number of hydrogen-bond acceptors (Lipinski definition) is 4. The Morgan fingerprint density at radius 1 is 1.29 bits per heavy atom. The van der Waals surface area contributed by atoms with Gasteiger partial charge >= 0.3 is 0 Å². The van der Waals surface area contributed by atoms with Gasteiger partial charge in [-0.15, -0.1) is 0 Å². The molecule has 0 spiro atoms. The quantitative estimate of drug-likeness (QED) is 0.816. The van der Waals surface area contributed by atoms with Crippen LogP contribution in [0, 0.1) is 6.92 Å². The SMILES string of the molecule is Cc1cc(C=O)cnc1Oc1cncc(Br)c1. The molecule has 0 saturated heterocycles. The van der Waals surface area contributed by atoms with Gasteiger partial charge in [0.05, 0.1) is 6.20 Å². The zero-order chi connectivity index (χ0) is 12.3. The molecule has 0 unspecified atom stereocenters. The Morgan fingerprint density at radius 2 is 2.12 bits per heavy atom. The molecule has 2 aromatic rings. The highest BCUT2D eigenvalue weighted by atomic mass is 79.9. The van der Waals surface area contributed by atoms with Crippen LogP contribution in [0.15, 0.2) is 35.2 Å². The van der Waals surface area contributed by atoms with E-state index >= 15 is 0 Å². The van der Waals surface area contributed by atoms with Crippen LogP contribution in [0.5, 0.6) is 11.6 Å². The third-order valence-electron chi connectivity index (χ3n) is 2.08. The van der Waals surface area contributed by atoms with E-state index in [1.165, 1.54) is 6.20 Å². The summed E-state index contributed by atoms with van der Waals surface area (Å²) in [5.41, 5.74) is 1.33. The van der Waals surface area contributed by atoms with Crippen molar-refractivity contribution in [1.82, 2.24) is 9.97 Å². The van der Waals surface area contributed by atoms with Crippen LogP contribution >= 0.6 is 15.9 Å². The Bertz CT molecular complexity index is 558. The van der Waals surface area contributed by atoms with Crippen LogP contribution in [0.2, 0.25) is 0 Å². The Morgan fingerprint density at radius 3 is 2.76 bits per heavy atom. The van der Waals surface area contributed by atoms with E-state index in [9.17, 15) is 4.79 Å². The van der Waals surface area contributed by atoms with Crippen LogP contribution in [0.25, 0.3) is 0 Å². The average Bonchev–Trinajstić information content (AvgIpc) is 2.32. The van der Waals surface area contributed by atoms with E-state index in [2.05, 4.69) is 25.9 Å². The standard InChI is InChI=1S/C12H9BrN2O2/c1-8-2-9(7-16)4-15-12(8)17-11-3-10(13)5-14-6-11/h2-7H,1H3. The van der Waals surface area contributed by atoms with Gasteiger partial charge in [-0.2, -0.15) is 0 Å². The van der Waals surface area contributed by atoms with Crippen molar-refractivity contribution in [1.29, 1.82) is 0 Å². The number of carbonyl (C=O) groups is 1. The van der Waals surface area contributed by atoms with Crippen LogP contribution in [-0.2, 0) is 0 Å². The summed E-state index contributed by atoms with van der Waals surface area (Å²) in [5, 5.41) is 0. The predicted molar refractivity (Wildman–Crippen MR) is 66.4 cm³/mol. The van der Waals surface area contributed by atoms with Crippen molar-refractivity contribution < 1.29 is 9.53 Å². The number of halogens is 1. The van der Waals surface area contributed by atoms with Gasteiger partial charge in [-0.3, -0.25) is 9.78 Å². The van der Waals surface area contributed by atoms with Crippen LogP contribution in [0.3, 0.4) is 0 Å². The van der Waals surface area contributed by atoms with Gasteiger partial charge in [-0.25, -0.2) is 4.98 Å². The van der Waals surface area contributed by atoms with Gasteiger partial charge in [0.25, 0.3) is 0 Å². The maximum Gasteiger partial charge on any atom is 0.222 e. The smallest absolute Gasteiger partial charge is 0.222 e. The maximum atomic E-state index is 10.6. The third kappa shape index (κ3) is 2.88. The topological polar surface area (TPSA) is 52.1 Å². The van der Waals surface area contributed by atoms with E-state index in [1.54, 1.807) is 24.5 Å². The molecule has 2 rings (SSSR count). The van der Waals surface area contributed by atoms with Crippen molar-refractivity contribution in [2.24, 2.45) is 0 Å². The number of nitrogens with zero attached hydrogens (tertiary/aromatic N) is 2. The zero-order valence-electron chi connectivity index (χ0n) is 9.05. The highest BCUT2D eigenvalue weighted by Crippen LogP contribution is 2.24. The highest BCUT2D eigenvalue weighted by molar-refractivity contribution is 9.10. The number of rotatable bonds is 3. The molecule has 0 radical (unpaired) electrons. The van der Waals surface area contributed by atoms with E-state index in [4.69, 9.17) is 4.74 Å². The molecule has 17 heavy (non-hydrogen) atoms. The fourth-order valence-corrected chi connectivity index (χ4v) is 1.66. The number of ether oxygens (including phenoxy) is 1. The summed E-state index contributed by atoms with van der Waals surface area (Å²) < 4.78 is 6.40. The molecule has 0 N–H and O–H groups in total. The first-order valence-corrected chi connectivity index (χ1v) is 5.68. The minimum absolute atomic E-state index is 0.468. The van der Waals surface area contributed by atoms with Gasteiger partial charge in [0.1, 0.15) is 5.75 Å². The molecule has 0 aliphatic rings. The molecule has 0 fully saturated rings. The molecule has 2 aromatic heterocycles. The zero-order valence-corrected chi connectivity index (χ0v) is 10.6. The van der Waals surface area contributed by atoms with E-state index < -0.39 is 0 Å². The van der Waals surface area contributed by atoms with Crippen LogP contribution in [0.4, 0.5) is 0 Å². The minimum Gasteiger partial charge on any atom is -0.437 e. The van der Waals surface area contributed by atoms with Gasteiger partial charge in [0.15, 0.2) is 6.29 Å². The summed E-state index contributed by atoms with van der Waals surface area (Å²) in [6, 6.07) is 3.52. The van der Waals surface area contributed by atoms with Crippen molar-refractivity contribution in [2.45, 2.75) is 6.92 Å². The maximum absolute atomic E-state index is 10.6. The minimum atomic E-state index is 0.468. The van der Waals surface area contributed by atoms with Gasteiger partial charge in [-0.05, 0) is 35.0 Å². The molecule has 0 saturated carbocycles. The molecule has 0 amide bonds. The molecular weight excluding hydrogens is 284 g/mol. The first kappa shape index (κ1) is 11.7. The van der Waals surface area contributed by atoms with Crippen molar-refractivity contribution in [2.75, 3.05) is 0 Å². The normalized spacial score (nSPS) is 10.0. The fraction of sp³-hybridized carbons (Fsp3) is 0.0833. The van der Waals surface area contributed by atoms with Gasteiger partial charge < -0.3 is 4.74 Å². The second kappa shape index (κ2) is 5.05. The van der Waals surface area contributed by atoms with E-state index in [-0.39, 0.29) is 0 Å². The van der Waals surface area contributed by atoms with E-state index in [0.717, 1.165) is 16.3 Å². The number of hydrogen-bond donors (Lipinski definition) is 0. The van der Waals surface area contributed by atoms with Crippen LogP contribution < -0.4 is 4.74 Å². The van der Waals surface area contributed by atoms with Crippen LogP contribution in [-0.4, -0.2) is 16.3 Å². The first-order chi connectivity index (χ1) is 8.19. The van der Waals surface area contributed by atoms with Gasteiger partial charge in [0, 0.05) is 28.0 Å². The lowest BCUT2D eigenvalue weighted by molar-refractivity contribution is 0.112. The lowest BCUT2D eigenvalue weighted by Gasteiger charge is -2.07. The molecule has 0 atom stereocenters. The molecule has 4 nitrogen and oxygen atoms in total. The monoisotopic (exact) mass is 292 g/mol. The number of aldehydes is 1. The van der Waals surface area contributed by atoms with Gasteiger partial charge in [-0.1, -0.05) is 0 Å². The molecular formula is C12H9BrN2O2. The lowest BCUT2D eigenvalue weighted by Crippen LogP contribution is -1.93. The van der Waals surface area contributed by atoms with E-state index in [1.807, 2.05) is 6.92 Å². The second-order valence-corrected chi connectivity index (χ2v) is 4.37. The summed E-state index contributed by atoms with van der Waals surface area (Å²) in [6.45, 7) is 1.83. The number of aryl methyl sites for hydroxylation is 1. The molecule has 0 aromatic carbocycles. The molecule has 5 heteroatoms. The number of carbonyl (C=O) groups excluding carboxylic acids is 1. The summed E-state index contributed by atoms with van der Waals surface area (Å²) in [7, 11) is 0. The van der Waals surface area contributed by atoms with Crippen molar-refractivity contribution >= 4 is 22.2 Å². The average molecular weight is 293 g/mol. The summed E-state index contributed by atoms with van der Waals surface area (Å²) in [5.74, 6) is 1.06. The summed E-state index contributed by atoms with van der Waals surface area (Å²) >= 11 is 3.31. The Hall–Kier alpha value is -1.75. The fourth-order valence-electron chi connectivity index (χ4n) is 1.32. The predicted octanol–water partition coefficient (Wildman–Crippen LogP) is 3.15. The highest BCUT2D eigenvalue weighted by Gasteiger charge is 2.05. The number of pyridine rings is 2. The Balaban J connectivity index is 2.27. The molecule has 0 aliphatic carbocycles. The molecule has 0 bridgehead atoms. The lowest BCUT2D eigenvalue weighted by atomic mass is 10.2. The molecule has 86 valence electrons. The van der Waals surface area contributed by atoms with Gasteiger partial charge in [0.2, 0.25) is 5.88 Å². The summed E-state index contributed by atoms with van der Waals surface area (Å²) in [6.07, 6.45) is 5.49.